The summed E-state index contributed by atoms with van der Waals surface area (Å²) >= 11 is 6.03. The second kappa shape index (κ2) is 11.4. The molecule has 7 heteroatoms. The smallest absolute Gasteiger partial charge is 0.247 e. The van der Waals surface area contributed by atoms with E-state index in [1.54, 1.807) is 12.0 Å². The average molecular weight is 482 g/mol. The lowest BCUT2D eigenvalue weighted by molar-refractivity contribution is -0.139. The fourth-order valence-electron chi connectivity index (χ4n) is 4.84. The number of ether oxygens (including phenoxy) is 1. The molecular weight excluding hydrogens is 450 g/mol. The van der Waals surface area contributed by atoms with E-state index in [-0.39, 0.29) is 23.7 Å². The maximum atomic E-state index is 13.6. The molecule has 0 radical (unpaired) electrons. The number of carbonyl (C=O) groups is 2. The number of nitrogens with one attached hydrogen (secondary N) is 2. The predicted molar refractivity (Wildman–Crippen MR) is 135 cm³/mol. The van der Waals surface area contributed by atoms with Gasteiger partial charge in [-0.1, -0.05) is 49.6 Å². The van der Waals surface area contributed by atoms with Gasteiger partial charge in [0.05, 0.1) is 7.11 Å². The number of nitrogens with zero attached hydrogens (tertiary/aromatic N) is 1. The maximum absolute atomic E-state index is 13.6. The summed E-state index contributed by atoms with van der Waals surface area (Å²) in [5, 5.41) is 4.33. The number of alkyl halides is 1. The van der Waals surface area contributed by atoms with E-state index >= 15 is 0 Å². The van der Waals surface area contributed by atoms with Crippen LogP contribution in [0.4, 0.5) is 0 Å². The molecule has 2 amide bonds. The van der Waals surface area contributed by atoms with Crippen LogP contribution >= 0.6 is 11.6 Å². The number of halogens is 1. The molecule has 1 fully saturated rings. The molecule has 1 unspecified atom stereocenters. The van der Waals surface area contributed by atoms with E-state index in [4.69, 9.17) is 16.3 Å². The van der Waals surface area contributed by atoms with E-state index in [9.17, 15) is 9.59 Å². The van der Waals surface area contributed by atoms with Crippen molar-refractivity contribution in [3.8, 4) is 5.75 Å². The summed E-state index contributed by atoms with van der Waals surface area (Å²) in [7, 11) is 1.60. The molecule has 1 heterocycles. The van der Waals surface area contributed by atoms with E-state index in [0.29, 0.717) is 18.7 Å². The molecule has 1 atom stereocenters. The number of rotatable bonds is 9. The first-order valence-electron chi connectivity index (χ1n) is 12.0. The Labute approximate surface area is 205 Å². The first kappa shape index (κ1) is 24.1. The van der Waals surface area contributed by atoms with Crippen molar-refractivity contribution in [3.63, 3.8) is 0 Å². The molecular formula is C27H32ClN3O3. The van der Waals surface area contributed by atoms with Gasteiger partial charge in [-0.05, 0) is 48.6 Å². The minimum Gasteiger partial charge on any atom is -0.497 e. The summed E-state index contributed by atoms with van der Waals surface area (Å²) in [6.45, 7) is 0.377. The monoisotopic (exact) mass is 481 g/mol. The zero-order valence-corrected chi connectivity index (χ0v) is 20.3. The highest BCUT2D eigenvalue weighted by molar-refractivity contribution is 6.27. The summed E-state index contributed by atoms with van der Waals surface area (Å²) in [5.74, 6) is 0.0943. The summed E-state index contributed by atoms with van der Waals surface area (Å²) < 4.78 is 5.29. The number of para-hydroxylation sites is 1. The van der Waals surface area contributed by atoms with E-state index in [1.165, 1.54) is 6.42 Å². The van der Waals surface area contributed by atoms with Crippen molar-refractivity contribution in [2.24, 2.45) is 0 Å². The third-order valence-corrected chi connectivity index (χ3v) is 6.90. The van der Waals surface area contributed by atoms with Gasteiger partial charge in [0.1, 0.15) is 17.7 Å². The van der Waals surface area contributed by atoms with Crippen molar-refractivity contribution >= 4 is 34.3 Å². The number of hydrogen-bond donors (Lipinski definition) is 2. The number of benzene rings is 2. The molecule has 4 rings (SSSR count). The number of aromatic amines is 1. The largest absolute Gasteiger partial charge is 0.497 e. The van der Waals surface area contributed by atoms with E-state index in [0.717, 1.165) is 47.7 Å². The Morgan fingerprint density at radius 3 is 2.56 bits per heavy atom. The number of carbonyl (C=O) groups excluding carboxylic acids is 2. The zero-order chi connectivity index (χ0) is 23.9. The van der Waals surface area contributed by atoms with Crippen LogP contribution in [0, 0.1) is 0 Å². The summed E-state index contributed by atoms with van der Waals surface area (Å²) in [6, 6.07) is 14.8. The lowest BCUT2D eigenvalue weighted by Crippen LogP contribution is -2.48. The van der Waals surface area contributed by atoms with Crippen LogP contribution in [0.2, 0.25) is 0 Å². The van der Waals surface area contributed by atoms with Crippen LogP contribution in [-0.4, -0.2) is 47.3 Å². The summed E-state index contributed by atoms with van der Waals surface area (Å²) in [5.41, 5.74) is 2.89. The number of aromatic nitrogens is 1. The Morgan fingerprint density at radius 1 is 1.12 bits per heavy atom. The molecule has 6 nitrogen and oxygen atoms in total. The second-order valence-corrected chi connectivity index (χ2v) is 9.12. The van der Waals surface area contributed by atoms with Gasteiger partial charge in [0.15, 0.2) is 0 Å². The van der Waals surface area contributed by atoms with E-state index < -0.39 is 6.04 Å². The van der Waals surface area contributed by atoms with Crippen molar-refractivity contribution in [2.45, 2.75) is 50.6 Å². The highest BCUT2D eigenvalue weighted by Crippen LogP contribution is 2.27. The van der Waals surface area contributed by atoms with Gasteiger partial charge in [0, 0.05) is 29.7 Å². The van der Waals surface area contributed by atoms with Gasteiger partial charge in [-0.15, -0.1) is 11.6 Å². The third-order valence-electron chi connectivity index (χ3n) is 6.67. The Morgan fingerprint density at radius 2 is 1.85 bits per heavy atom. The zero-order valence-electron chi connectivity index (χ0n) is 19.6. The Balaban J connectivity index is 1.62. The molecule has 0 saturated heterocycles. The third kappa shape index (κ3) is 5.55. The molecule has 0 aliphatic heterocycles. The van der Waals surface area contributed by atoms with Crippen molar-refractivity contribution < 1.29 is 14.3 Å². The Bertz CT molecular complexity index is 1110. The first-order chi connectivity index (χ1) is 16.6. The van der Waals surface area contributed by atoms with E-state index in [2.05, 4.69) is 16.4 Å². The fourth-order valence-corrected chi connectivity index (χ4v) is 4.99. The minimum absolute atomic E-state index is 0.142. The number of amides is 2. The second-order valence-electron chi connectivity index (χ2n) is 8.85. The van der Waals surface area contributed by atoms with Crippen molar-refractivity contribution in [3.05, 3.63) is 65.9 Å². The maximum Gasteiger partial charge on any atom is 0.247 e. The normalized spacial score (nSPS) is 15.1. The lowest BCUT2D eigenvalue weighted by Gasteiger charge is -2.33. The first-order valence-corrected chi connectivity index (χ1v) is 12.5. The van der Waals surface area contributed by atoms with Crippen LogP contribution in [-0.2, 0) is 16.0 Å². The molecule has 0 bridgehead atoms. The molecule has 1 aliphatic carbocycles. The number of hydrogen-bond acceptors (Lipinski definition) is 3. The van der Waals surface area contributed by atoms with Crippen molar-refractivity contribution in [1.29, 1.82) is 0 Å². The molecule has 1 aliphatic rings. The van der Waals surface area contributed by atoms with Gasteiger partial charge in [-0.2, -0.15) is 0 Å². The number of methoxy groups -OCH3 is 1. The molecule has 0 spiro atoms. The van der Waals surface area contributed by atoms with Crippen LogP contribution in [0.1, 0.15) is 49.3 Å². The summed E-state index contributed by atoms with van der Waals surface area (Å²) in [6.07, 6.45) is 7.95. The van der Waals surface area contributed by atoms with Gasteiger partial charge in [0.2, 0.25) is 11.8 Å². The highest BCUT2D eigenvalue weighted by Gasteiger charge is 2.32. The fraction of sp³-hybridized carbons (Fsp3) is 0.407. The summed E-state index contributed by atoms with van der Waals surface area (Å²) in [4.78, 5) is 31.6. The average Bonchev–Trinajstić information content (AvgIpc) is 3.30. The van der Waals surface area contributed by atoms with Gasteiger partial charge in [-0.3, -0.25) is 9.59 Å². The molecule has 1 aromatic heterocycles. The van der Waals surface area contributed by atoms with Crippen LogP contribution in [0.5, 0.6) is 5.75 Å². The quantitative estimate of drug-likeness (QED) is 0.423. The standard InChI is InChI=1S/C27H32ClN3O3/c1-34-22-13-11-19(12-14-22)26(27(33)30-21-7-3-2-4-8-21)31(25(32)17-28)16-15-20-18-29-24-10-6-5-9-23(20)24/h5-6,9-14,18,21,26,29H,2-4,7-8,15-17H2,1H3,(H,30,33). The lowest BCUT2D eigenvalue weighted by atomic mass is 9.94. The minimum atomic E-state index is -0.760. The number of fused-ring (bicyclic) bond motifs is 1. The van der Waals surface area contributed by atoms with Crippen molar-refractivity contribution in [1.82, 2.24) is 15.2 Å². The molecule has 2 aromatic carbocycles. The van der Waals surface area contributed by atoms with Gasteiger partial charge >= 0.3 is 0 Å². The Hall–Kier alpha value is -2.99. The SMILES string of the molecule is COc1ccc(C(C(=O)NC2CCCCC2)N(CCc2c[nH]c3ccccc23)C(=O)CCl)cc1. The molecule has 1 saturated carbocycles. The van der Waals surface area contributed by atoms with Crippen LogP contribution in [0.3, 0.4) is 0 Å². The van der Waals surface area contributed by atoms with Crippen molar-refractivity contribution in [2.75, 3.05) is 19.5 Å². The molecule has 180 valence electrons. The topological polar surface area (TPSA) is 74.4 Å². The molecule has 2 N–H and O–H groups in total. The highest BCUT2D eigenvalue weighted by atomic mass is 35.5. The molecule has 3 aromatic rings. The number of H-pyrrole nitrogens is 1. The van der Waals surface area contributed by atoms with Gasteiger partial charge < -0.3 is 19.9 Å². The van der Waals surface area contributed by atoms with Gasteiger partial charge in [-0.25, -0.2) is 0 Å². The van der Waals surface area contributed by atoms with Crippen LogP contribution in [0.25, 0.3) is 10.9 Å². The Kier molecular flexibility index (Phi) is 8.12. The van der Waals surface area contributed by atoms with Gasteiger partial charge in [0.25, 0.3) is 0 Å². The van der Waals surface area contributed by atoms with E-state index in [1.807, 2.05) is 48.7 Å². The predicted octanol–water partition coefficient (Wildman–Crippen LogP) is 4.98. The van der Waals surface area contributed by atoms with Crippen LogP contribution < -0.4 is 10.1 Å². The van der Waals surface area contributed by atoms with Crippen LogP contribution in [0.15, 0.2) is 54.7 Å². The molecule has 34 heavy (non-hydrogen) atoms.